The third kappa shape index (κ3) is 2.79. The van der Waals surface area contributed by atoms with E-state index in [1.165, 1.54) is 9.80 Å². The van der Waals surface area contributed by atoms with Crippen molar-refractivity contribution >= 4 is 23.2 Å². The molecule has 0 atom stereocenters. The second kappa shape index (κ2) is 6.09. The Morgan fingerprint density at radius 1 is 1.00 bits per heavy atom. The first-order chi connectivity index (χ1) is 9.88. The summed E-state index contributed by atoms with van der Waals surface area (Å²) < 4.78 is 54.5. The SMILES string of the molecule is CCC(=O)N1CCN(c2c(F)c(F)c(Cl)c(F)c2F)CC1. The van der Waals surface area contributed by atoms with E-state index < -0.39 is 34.0 Å². The highest BCUT2D eigenvalue weighted by Gasteiger charge is 2.30. The molecule has 1 saturated heterocycles. The summed E-state index contributed by atoms with van der Waals surface area (Å²) in [5.74, 6) is -6.34. The molecule has 0 aliphatic carbocycles. The van der Waals surface area contributed by atoms with Crippen LogP contribution in [0, 0.1) is 23.3 Å². The Bertz CT molecular complexity index is 545. The van der Waals surface area contributed by atoms with Crippen LogP contribution in [0.15, 0.2) is 0 Å². The highest BCUT2D eigenvalue weighted by Crippen LogP contribution is 2.33. The molecule has 1 fully saturated rings. The number of carbonyl (C=O) groups excluding carboxylic acids is 1. The Morgan fingerprint density at radius 2 is 1.48 bits per heavy atom. The van der Waals surface area contributed by atoms with Crippen LogP contribution in [0.1, 0.15) is 13.3 Å². The van der Waals surface area contributed by atoms with Gasteiger partial charge in [-0.25, -0.2) is 17.6 Å². The van der Waals surface area contributed by atoms with Crippen molar-refractivity contribution < 1.29 is 22.4 Å². The van der Waals surface area contributed by atoms with Crippen LogP contribution in [0.4, 0.5) is 23.2 Å². The van der Waals surface area contributed by atoms with Crippen molar-refractivity contribution in [1.29, 1.82) is 0 Å². The molecule has 0 spiro atoms. The van der Waals surface area contributed by atoms with E-state index in [0.29, 0.717) is 6.42 Å². The van der Waals surface area contributed by atoms with E-state index in [-0.39, 0.29) is 32.1 Å². The summed E-state index contributed by atoms with van der Waals surface area (Å²) in [7, 11) is 0. The molecular formula is C13H13ClF4N2O. The van der Waals surface area contributed by atoms with Gasteiger partial charge in [-0.15, -0.1) is 0 Å². The van der Waals surface area contributed by atoms with Gasteiger partial charge in [0.05, 0.1) is 0 Å². The molecule has 8 heteroatoms. The van der Waals surface area contributed by atoms with Crippen LogP contribution in [-0.2, 0) is 4.79 Å². The summed E-state index contributed by atoms with van der Waals surface area (Å²) in [6.07, 6.45) is 0.326. The number of halogens is 5. The van der Waals surface area contributed by atoms with Crippen LogP contribution in [0.5, 0.6) is 0 Å². The number of piperazine rings is 1. The molecule has 116 valence electrons. The van der Waals surface area contributed by atoms with Gasteiger partial charge in [-0.3, -0.25) is 4.79 Å². The maximum atomic E-state index is 13.8. The van der Waals surface area contributed by atoms with Crippen molar-refractivity contribution in [1.82, 2.24) is 4.90 Å². The topological polar surface area (TPSA) is 23.6 Å². The Hall–Kier alpha value is -1.50. The van der Waals surface area contributed by atoms with Gasteiger partial charge in [-0.05, 0) is 0 Å². The summed E-state index contributed by atoms with van der Waals surface area (Å²) in [4.78, 5) is 14.2. The third-order valence-corrected chi connectivity index (χ3v) is 3.77. The van der Waals surface area contributed by atoms with Crippen LogP contribution in [0.2, 0.25) is 5.02 Å². The van der Waals surface area contributed by atoms with Gasteiger partial charge in [-0.2, -0.15) is 0 Å². The molecular weight excluding hydrogens is 312 g/mol. The van der Waals surface area contributed by atoms with E-state index in [9.17, 15) is 22.4 Å². The largest absolute Gasteiger partial charge is 0.363 e. The Labute approximate surface area is 124 Å². The van der Waals surface area contributed by atoms with Crippen molar-refractivity contribution in [3.63, 3.8) is 0 Å². The lowest BCUT2D eigenvalue weighted by Crippen LogP contribution is -2.49. The van der Waals surface area contributed by atoms with Crippen LogP contribution >= 0.6 is 11.6 Å². The zero-order valence-corrected chi connectivity index (χ0v) is 12.0. The summed E-state index contributed by atoms with van der Waals surface area (Å²) in [6, 6.07) is 0. The second-order valence-electron chi connectivity index (χ2n) is 4.64. The van der Waals surface area contributed by atoms with Gasteiger partial charge in [0.2, 0.25) is 5.91 Å². The molecule has 1 aromatic rings. The predicted octanol–water partition coefficient (Wildman–Crippen LogP) is 2.96. The zero-order valence-electron chi connectivity index (χ0n) is 11.2. The molecule has 2 rings (SSSR count). The number of benzene rings is 1. The number of anilines is 1. The molecule has 0 saturated carbocycles. The molecule has 1 aliphatic heterocycles. The molecule has 3 nitrogen and oxygen atoms in total. The van der Waals surface area contributed by atoms with Gasteiger partial charge in [0, 0.05) is 32.6 Å². The highest BCUT2D eigenvalue weighted by molar-refractivity contribution is 6.31. The van der Waals surface area contributed by atoms with Gasteiger partial charge in [0.25, 0.3) is 0 Å². The minimum atomic E-state index is -1.61. The standard InChI is InChI=1S/C13H13ClF4N2O/c1-2-7(21)19-3-5-20(6-4-19)13-11(17)9(15)8(14)10(16)12(13)18/h2-6H2,1H3. The van der Waals surface area contributed by atoms with Crippen molar-refractivity contribution in [3.05, 3.63) is 28.3 Å². The highest BCUT2D eigenvalue weighted by atomic mass is 35.5. The minimum absolute atomic E-state index is 0.0796. The van der Waals surface area contributed by atoms with Crippen molar-refractivity contribution in [3.8, 4) is 0 Å². The maximum absolute atomic E-state index is 13.8. The monoisotopic (exact) mass is 324 g/mol. The summed E-state index contributed by atoms with van der Waals surface area (Å²) in [5, 5.41) is -1.20. The normalized spacial score (nSPS) is 15.5. The van der Waals surface area contributed by atoms with E-state index >= 15 is 0 Å². The van der Waals surface area contributed by atoms with E-state index in [2.05, 4.69) is 0 Å². The van der Waals surface area contributed by atoms with Crippen molar-refractivity contribution in [2.75, 3.05) is 31.1 Å². The molecule has 0 N–H and O–H groups in total. The van der Waals surface area contributed by atoms with Crippen LogP contribution < -0.4 is 4.90 Å². The summed E-state index contributed by atoms with van der Waals surface area (Å²) in [5.41, 5.74) is -0.780. The van der Waals surface area contributed by atoms with Gasteiger partial charge >= 0.3 is 0 Å². The molecule has 0 aromatic heterocycles. The number of nitrogens with zero attached hydrogens (tertiary/aromatic N) is 2. The molecule has 0 radical (unpaired) electrons. The van der Waals surface area contributed by atoms with E-state index in [1.807, 2.05) is 0 Å². The van der Waals surface area contributed by atoms with E-state index in [0.717, 1.165) is 0 Å². The van der Waals surface area contributed by atoms with Gasteiger partial charge in [0.1, 0.15) is 10.7 Å². The predicted molar refractivity (Wildman–Crippen MR) is 70.4 cm³/mol. The Morgan fingerprint density at radius 3 is 1.90 bits per heavy atom. The van der Waals surface area contributed by atoms with Crippen molar-refractivity contribution in [2.24, 2.45) is 0 Å². The number of hydrogen-bond acceptors (Lipinski definition) is 2. The summed E-state index contributed by atoms with van der Waals surface area (Å²) >= 11 is 5.18. The molecule has 1 aliphatic rings. The third-order valence-electron chi connectivity index (χ3n) is 3.44. The van der Waals surface area contributed by atoms with Gasteiger partial charge in [0.15, 0.2) is 23.3 Å². The van der Waals surface area contributed by atoms with Gasteiger partial charge < -0.3 is 9.80 Å². The smallest absolute Gasteiger partial charge is 0.222 e. The fourth-order valence-corrected chi connectivity index (χ4v) is 2.44. The van der Waals surface area contributed by atoms with E-state index in [1.54, 1.807) is 6.92 Å². The van der Waals surface area contributed by atoms with Crippen LogP contribution in [-0.4, -0.2) is 37.0 Å². The first-order valence-electron chi connectivity index (χ1n) is 6.42. The second-order valence-corrected chi connectivity index (χ2v) is 5.02. The molecule has 0 bridgehead atoms. The number of rotatable bonds is 2. The Kier molecular flexibility index (Phi) is 4.61. The quantitative estimate of drug-likeness (QED) is 0.474. The molecule has 21 heavy (non-hydrogen) atoms. The average Bonchev–Trinajstić information content (AvgIpc) is 2.51. The number of amides is 1. The molecule has 1 aromatic carbocycles. The maximum Gasteiger partial charge on any atom is 0.222 e. The molecule has 0 unspecified atom stereocenters. The van der Waals surface area contributed by atoms with E-state index in [4.69, 9.17) is 11.6 Å². The molecule has 1 heterocycles. The van der Waals surface area contributed by atoms with Crippen molar-refractivity contribution in [2.45, 2.75) is 13.3 Å². The first-order valence-corrected chi connectivity index (χ1v) is 6.80. The fourth-order valence-electron chi connectivity index (χ4n) is 2.27. The minimum Gasteiger partial charge on any atom is -0.363 e. The Balaban J connectivity index is 2.27. The lowest BCUT2D eigenvalue weighted by atomic mass is 10.2. The molecule has 1 amide bonds. The van der Waals surface area contributed by atoms with Crippen LogP contribution in [0.25, 0.3) is 0 Å². The lowest BCUT2D eigenvalue weighted by Gasteiger charge is -2.36. The lowest BCUT2D eigenvalue weighted by molar-refractivity contribution is -0.131. The number of carbonyl (C=O) groups is 1. The summed E-state index contributed by atoms with van der Waals surface area (Å²) in [6.45, 7) is 2.34. The number of hydrogen-bond donors (Lipinski definition) is 0. The fraction of sp³-hybridized carbons (Fsp3) is 0.462. The van der Waals surface area contributed by atoms with Gasteiger partial charge in [-0.1, -0.05) is 18.5 Å². The zero-order chi connectivity index (χ0) is 15.7. The van der Waals surface area contributed by atoms with Crippen LogP contribution in [0.3, 0.4) is 0 Å². The average molecular weight is 325 g/mol. The first kappa shape index (κ1) is 15.9.